The molecular formula is C21H22ClN3O2. The first-order chi connectivity index (χ1) is 13.2. The highest BCUT2D eigenvalue weighted by atomic mass is 35.5. The van der Waals surface area contributed by atoms with E-state index in [4.69, 9.17) is 21.6 Å². The van der Waals surface area contributed by atoms with E-state index < -0.39 is 0 Å². The van der Waals surface area contributed by atoms with Crippen molar-refractivity contribution < 1.29 is 9.53 Å². The second-order valence-electron chi connectivity index (χ2n) is 6.57. The van der Waals surface area contributed by atoms with Crippen LogP contribution in [0.4, 0.5) is 5.69 Å². The number of para-hydroxylation sites is 1. The number of hydrogen-bond donors (Lipinski definition) is 1. The summed E-state index contributed by atoms with van der Waals surface area (Å²) in [4.78, 5) is 15.0. The van der Waals surface area contributed by atoms with Crippen LogP contribution in [0, 0.1) is 17.2 Å². The summed E-state index contributed by atoms with van der Waals surface area (Å²) in [6, 6.07) is 16.8. The average molecular weight is 384 g/mol. The topological polar surface area (TPSA) is 65.4 Å². The van der Waals surface area contributed by atoms with Crippen LogP contribution in [-0.2, 0) is 4.79 Å². The lowest BCUT2D eigenvalue weighted by Crippen LogP contribution is -2.38. The molecule has 0 radical (unpaired) electrons. The molecule has 27 heavy (non-hydrogen) atoms. The number of carbonyl (C=O) groups is 1. The molecule has 1 N–H and O–H groups in total. The van der Waals surface area contributed by atoms with E-state index in [0.717, 1.165) is 32.5 Å². The zero-order valence-corrected chi connectivity index (χ0v) is 15.8. The van der Waals surface area contributed by atoms with Crippen LogP contribution in [0.15, 0.2) is 48.5 Å². The summed E-state index contributed by atoms with van der Waals surface area (Å²) in [5.74, 6) is 1.19. The van der Waals surface area contributed by atoms with Gasteiger partial charge in [-0.2, -0.15) is 5.26 Å². The Balaban J connectivity index is 1.64. The minimum atomic E-state index is -0.0492. The van der Waals surface area contributed by atoms with E-state index in [1.54, 1.807) is 18.2 Å². The van der Waals surface area contributed by atoms with Gasteiger partial charge in [0.1, 0.15) is 5.75 Å². The maximum absolute atomic E-state index is 12.7. The van der Waals surface area contributed by atoms with E-state index in [-0.39, 0.29) is 11.8 Å². The molecule has 3 rings (SSSR count). The van der Waals surface area contributed by atoms with Crippen LogP contribution < -0.4 is 10.1 Å². The van der Waals surface area contributed by atoms with Crippen molar-refractivity contribution in [2.24, 2.45) is 5.92 Å². The summed E-state index contributed by atoms with van der Waals surface area (Å²) >= 11 is 6.12. The number of rotatable bonds is 6. The van der Waals surface area contributed by atoms with E-state index in [9.17, 15) is 4.79 Å². The monoisotopic (exact) mass is 383 g/mol. The number of nitrogens with zero attached hydrogens (tertiary/aromatic N) is 2. The third kappa shape index (κ3) is 5.46. The fourth-order valence-electron chi connectivity index (χ4n) is 3.17. The number of ether oxygens (including phenoxy) is 1. The fraction of sp³-hybridized carbons (Fsp3) is 0.333. The van der Waals surface area contributed by atoms with Gasteiger partial charge in [-0.05, 0) is 56.3 Å². The van der Waals surface area contributed by atoms with Crippen LogP contribution in [0.2, 0.25) is 5.02 Å². The molecule has 0 atom stereocenters. The lowest BCUT2D eigenvalue weighted by molar-refractivity contribution is -0.121. The zero-order valence-electron chi connectivity index (χ0n) is 15.0. The highest BCUT2D eigenvalue weighted by Crippen LogP contribution is 2.33. The van der Waals surface area contributed by atoms with Gasteiger partial charge in [0.05, 0.1) is 11.8 Å². The summed E-state index contributed by atoms with van der Waals surface area (Å²) in [7, 11) is 0. The van der Waals surface area contributed by atoms with Crippen LogP contribution in [0.3, 0.4) is 0 Å². The van der Waals surface area contributed by atoms with E-state index in [1.165, 1.54) is 0 Å². The van der Waals surface area contributed by atoms with Crippen LogP contribution in [0.5, 0.6) is 11.5 Å². The van der Waals surface area contributed by atoms with Crippen LogP contribution in [-0.4, -0.2) is 30.4 Å². The molecule has 0 spiro atoms. The molecule has 0 aliphatic carbocycles. The van der Waals surface area contributed by atoms with Crippen LogP contribution in [0.25, 0.3) is 0 Å². The number of anilines is 1. The Morgan fingerprint density at radius 3 is 2.67 bits per heavy atom. The van der Waals surface area contributed by atoms with E-state index in [1.807, 2.05) is 30.3 Å². The second-order valence-corrected chi connectivity index (χ2v) is 7.01. The van der Waals surface area contributed by atoms with Crippen LogP contribution >= 0.6 is 11.6 Å². The minimum Gasteiger partial charge on any atom is -0.455 e. The van der Waals surface area contributed by atoms with Gasteiger partial charge in [-0.25, -0.2) is 0 Å². The Labute approximate surface area is 164 Å². The van der Waals surface area contributed by atoms with Gasteiger partial charge in [0.2, 0.25) is 5.91 Å². The lowest BCUT2D eigenvalue weighted by Gasteiger charge is -2.30. The van der Waals surface area contributed by atoms with Crippen molar-refractivity contribution in [3.05, 3.63) is 53.6 Å². The predicted molar refractivity (Wildman–Crippen MR) is 106 cm³/mol. The molecule has 1 saturated heterocycles. The highest BCUT2D eigenvalue weighted by Gasteiger charge is 2.25. The Morgan fingerprint density at radius 2 is 1.96 bits per heavy atom. The van der Waals surface area contributed by atoms with E-state index >= 15 is 0 Å². The minimum absolute atomic E-state index is 0.0184. The molecule has 5 nitrogen and oxygen atoms in total. The summed E-state index contributed by atoms with van der Waals surface area (Å²) < 4.78 is 5.90. The molecule has 1 heterocycles. The number of nitrogens with one attached hydrogen (secondary N) is 1. The number of hydrogen-bond acceptors (Lipinski definition) is 4. The Morgan fingerprint density at radius 1 is 1.22 bits per heavy atom. The lowest BCUT2D eigenvalue weighted by atomic mass is 9.95. The number of likely N-dealkylation sites (tertiary alicyclic amines) is 1. The van der Waals surface area contributed by atoms with Crippen molar-refractivity contribution in [2.75, 3.05) is 25.0 Å². The molecule has 6 heteroatoms. The molecule has 1 aliphatic heterocycles. The van der Waals surface area contributed by atoms with Gasteiger partial charge in [0.25, 0.3) is 0 Å². The van der Waals surface area contributed by atoms with Gasteiger partial charge in [-0.3, -0.25) is 4.79 Å². The number of benzene rings is 2. The molecule has 1 aliphatic rings. The first-order valence-electron chi connectivity index (χ1n) is 9.08. The molecule has 0 saturated carbocycles. The standard InChI is InChI=1S/C21H22ClN3O2/c22-17-7-8-20(27-18-5-2-1-3-6-18)19(15-17)24-21(26)16-9-13-25(14-10-16)12-4-11-23/h1-3,5-8,15-16H,4,9-10,12-14H2,(H,24,26). The summed E-state index contributed by atoms with van der Waals surface area (Å²) in [5, 5.41) is 12.2. The van der Waals surface area contributed by atoms with Crippen LogP contribution in [0.1, 0.15) is 19.3 Å². The van der Waals surface area contributed by atoms with E-state index in [0.29, 0.717) is 28.6 Å². The van der Waals surface area contributed by atoms with Gasteiger partial charge in [0, 0.05) is 23.9 Å². The van der Waals surface area contributed by atoms with Gasteiger partial charge < -0.3 is 15.0 Å². The van der Waals surface area contributed by atoms with Crippen molar-refractivity contribution in [3.8, 4) is 17.6 Å². The number of piperidine rings is 1. The van der Waals surface area contributed by atoms with Crippen molar-refractivity contribution in [1.82, 2.24) is 4.90 Å². The number of amides is 1. The molecule has 2 aromatic carbocycles. The largest absolute Gasteiger partial charge is 0.455 e. The SMILES string of the molecule is N#CCCN1CCC(C(=O)Nc2cc(Cl)ccc2Oc2ccccc2)CC1. The van der Waals surface area contributed by atoms with Crippen molar-refractivity contribution in [2.45, 2.75) is 19.3 Å². The molecule has 140 valence electrons. The molecule has 1 amide bonds. The maximum atomic E-state index is 12.7. The first-order valence-corrected chi connectivity index (χ1v) is 9.46. The highest BCUT2D eigenvalue weighted by molar-refractivity contribution is 6.31. The van der Waals surface area contributed by atoms with E-state index in [2.05, 4.69) is 16.3 Å². The molecular weight excluding hydrogens is 362 g/mol. The van der Waals surface area contributed by atoms with Crippen molar-refractivity contribution in [3.63, 3.8) is 0 Å². The molecule has 2 aromatic rings. The Hall–Kier alpha value is -2.55. The number of halogens is 1. The van der Waals surface area contributed by atoms with Gasteiger partial charge in [0.15, 0.2) is 5.75 Å². The van der Waals surface area contributed by atoms with Gasteiger partial charge in [-0.1, -0.05) is 29.8 Å². The molecule has 0 aromatic heterocycles. The third-order valence-electron chi connectivity index (χ3n) is 4.67. The smallest absolute Gasteiger partial charge is 0.227 e. The summed E-state index contributed by atoms with van der Waals surface area (Å²) in [6.45, 7) is 2.44. The summed E-state index contributed by atoms with van der Waals surface area (Å²) in [5.41, 5.74) is 0.572. The third-order valence-corrected chi connectivity index (χ3v) is 4.90. The Kier molecular flexibility index (Phi) is 6.69. The fourth-order valence-corrected chi connectivity index (χ4v) is 3.34. The quantitative estimate of drug-likeness (QED) is 0.785. The number of nitriles is 1. The molecule has 1 fully saturated rings. The van der Waals surface area contributed by atoms with Crippen molar-refractivity contribution >= 4 is 23.2 Å². The van der Waals surface area contributed by atoms with Gasteiger partial charge in [-0.15, -0.1) is 0 Å². The maximum Gasteiger partial charge on any atom is 0.227 e. The second kappa shape index (κ2) is 9.40. The summed E-state index contributed by atoms with van der Waals surface area (Å²) in [6.07, 6.45) is 2.10. The predicted octanol–water partition coefficient (Wildman–Crippen LogP) is 4.70. The molecule has 0 bridgehead atoms. The zero-order chi connectivity index (χ0) is 19.1. The first kappa shape index (κ1) is 19.2. The average Bonchev–Trinajstić information content (AvgIpc) is 2.69. The van der Waals surface area contributed by atoms with Crippen molar-refractivity contribution in [1.29, 1.82) is 5.26 Å². The molecule has 0 unspecified atom stereocenters. The Bertz CT molecular complexity index is 812. The normalized spacial score (nSPS) is 15.1. The van der Waals surface area contributed by atoms with Gasteiger partial charge >= 0.3 is 0 Å². The number of carbonyl (C=O) groups excluding carboxylic acids is 1.